The van der Waals surface area contributed by atoms with Crippen molar-refractivity contribution in [1.29, 1.82) is 5.26 Å². The highest BCUT2D eigenvalue weighted by atomic mass is 32.2. The van der Waals surface area contributed by atoms with Crippen molar-refractivity contribution < 1.29 is 4.79 Å². The number of allylic oxidation sites excluding steroid dienone is 1. The maximum atomic E-state index is 13.0. The first-order valence-electron chi connectivity index (χ1n) is 9.58. The molecule has 28 heavy (non-hydrogen) atoms. The molecule has 0 bridgehead atoms. The zero-order chi connectivity index (χ0) is 19.7. The van der Waals surface area contributed by atoms with Crippen LogP contribution >= 0.6 is 11.8 Å². The van der Waals surface area contributed by atoms with E-state index in [1.165, 1.54) is 11.1 Å². The number of thioether (sulfide) groups is 1. The van der Waals surface area contributed by atoms with Gasteiger partial charge in [-0.05, 0) is 36.6 Å². The highest BCUT2D eigenvalue weighted by molar-refractivity contribution is 8.03. The lowest BCUT2D eigenvalue weighted by atomic mass is 9.86. The molecule has 0 unspecified atom stereocenters. The molecule has 0 aromatic heterocycles. The van der Waals surface area contributed by atoms with E-state index in [1.54, 1.807) is 16.7 Å². The molecule has 0 saturated carbocycles. The van der Waals surface area contributed by atoms with Crippen molar-refractivity contribution in [2.45, 2.75) is 32.6 Å². The molecule has 1 atom stereocenters. The van der Waals surface area contributed by atoms with Gasteiger partial charge in [-0.15, -0.1) is 0 Å². The van der Waals surface area contributed by atoms with Gasteiger partial charge in [-0.25, -0.2) is 0 Å². The molecule has 0 N–H and O–H groups in total. The predicted octanol–water partition coefficient (Wildman–Crippen LogP) is 4.78. The lowest BCUT2D eigenvalue weighted by Gasteiger charge is -2.42. The van der Waals surface area contributed by atoms with E-state index in [1.807, 2.05) is 31.2 Å². The zero-order valence-corrected chi connectivity index (χ0v) is 17.0. The Labute approximate surface area is 170 Å². The highest BCUT2D eigenvalue weighted by Crippen LogP contribution is 2.43. The number of hydrogen-bond donors (Lipinski definition) is 0. The van der Waals surface area contributed by atoms with Gasteiger partial charge in [-0.2, -0.15) is 5.26 Å². The van der Waals surface area contributed by atoms with Crippen molar-refractivity contribution in [3.05, 3.63) is 75.8 Å². The van der Waals surface area contributed by atoms with Crippen LogP contribution in [0.4, 0.5) is 5.69 Å². The van der Waals surface area contributed by atoms with E-state index in [2.05, 4.69) is 42.2 Å². The number of hydrogen-bond acceptors (Lipinski definition) is 4. The SMILES string of the molecule is CCc1ccc(N2CSC3=C(C#N)[C@H](c4ccc(C)cc4)CC(=O)N3C2)cc1. The summed E-state index contributed by atoms with van der Waals surface area (Å²) in [6.07, 6.45) is 1.36. The molecule has 2 aliphatic heterocycles. The molecule has 1 saturated heterocycles. The van der Waals surface area contributed by atoms with Crippen LogP contribution in [0.3, 0.4) is 0 Å². The fourth-order valence-corrected chi connectivity index (χ4v) is 4.92. The van der Waals surface area contributed by atoms with Crippen LogP contribution in [0.25, 0.3) is 0 Å². The molecule has 1 fully saturated rings. The molecule has 4 rings (SSSR count). The second kappa shape index (κ2) is 7.73. The number of anilines is 1. The van der Waals surface area contributed by atoms with Crippen LogP contribution in [0.1, 0.15) is 36.0 Å². The molecule has 5 heteroatoms. The van der Waals surface area contributed by atoms with E-state index in [9.17, 15) is 10.1 Å². The van der Waals surface area contributed by atoms with E-state index in [4.69, 9.17) is 0 Å². The van der Waals surface area contributed by atoms with Gasteiger partial charge in [-0.3, -0.25) is 9.69 Å². The number of nitrogens with zero attached hydrogens (tertiary/aromatic N) is 3. The summed E-state index contributed by atoms with van der Waals surface area (Å²) in [7, 11) is 0. The van der Waals surface area contributed by atoms with Gasteiger partial charge in [0.15, 0.2) is 0 Å². The smallest absolute Gasteiger partial charge is 0.229 e. The Hall–Kier alpha value is -2.71. The average molecular weight is 390 g/mol. The quantitative estimate of drug-likeness (QED) is 0.758. The van der Waals surface area contributed by atoms with Crippen molar-refractivity contribution in [3.8, 4) is 6.07 Å². The normalized spacial score (nSPS) is 19.5. The maximum Gasteiger partial charge on any atom is 0.229 e. The largest absolute Gasteiger partial charge is 0.344 e. The standard InChI is InChI=1S/C23H23N3OS/c1-3-17-6-10-19(11-7-17)25-14-26-22(27)12-20(18-8-4-16(2)5-9-18)21(13-24)23(26)28-15-25/h4-11,20H,3,12,14-15H2,1-2H3/t20-/m0/s1. The van der Waals surface area contributed by atoms with Gasteiger partial charge < -0.3 is 4.90 Å². The van der Waals surface area contributed by atoms with Gasteiger partial charge in [0, 0.05) is 18.0 Å². The number of nitriles is 1. The first-order valence-corrected chi connectivity index (χ1v) is 10.6. The zero-order valence-electron chi connectivity index (χ0n) is 16.2. The minimum Gasteiger partial charge on any atom is -0.344 e. The van der Waals surface area contributed by atoms with Crippen molar-refractivity contribution in [2.75, 3.05) is 17.4 Å². The molecule has 4 nitrogen and oxygen atoms in total. The molecule has 0 spiro atoms. The summed E-state index contributed by atoms with van der Waals surface area (Å²) >= 11 is 1.59. The Morgan fingerprint density at radius 3 is 2.50 bits per heavy atom. The number of aryl methyl sites for hydroxylation is 2. The first kappa shape index (κ1) is 18.6. The van der Waals surface area contributed by atoms with Gasteiger partial charge in [0.25, 0.3) is 0 Å². The van der Waals surface area contributed by atoms with E-state index in [-0.39, 0.29) is 11.8 Å². The van der Waals surface area contributed by atoms with Gasteiger partial charge >= 0.3 is 0 Å². The Bertz CT molecular complexity index is 957. The summed E-state index contributed by atoms with van der Waals surface area (Å²) in [4.78, 5) is 16.9. The molecular weight excluding hydrogens is 366 g/mol. The summed E-state index contributed by atoms with van der Waals surface area (Å²) in [6, 6.07) is 19.1. The molecular formula is C23H23N3OS. The third kappa shape index (κ3) is 3.41. The lowest BCUT2D eigenvalue weighted by molar-refractivity contribution is -0.129. The minimum atomic E-state index is -0.146. The number of benzene rings is 2. The van der Waals surface area contributed by atoms with Crippen LogP contribution < -0.4 is 4.90 Å². The molecule has 2 aromatic carbocycles. The third-order valence-corrected chi connectivity index (χ3v) is 6.64. The lowest BCUT2D eigenvalue weighted by Crippen LogP contribution is -2.47. The second-order valence-electron chi connectivity index (χ2n) is 7.29. The number of carbonyl (C=O) groups excluding carboxylic acids is 1. The van der Waals surface area contributed by atoms with Crippen LogP contribution in [0, 0.1) is 18.3 Å². The molecule has 1 amide bonds. The van der Waals surface area contributed by atoms with E-state index >= 15 is 0 Å². The number of rotatable bonds is 3. The number of carbonyl (C=O) groups is 1. The van der Waals surface area contributed by atoms with Crippen LogP contribution in [0.15, 0.2) is 59.1 Å². The number of amides is 1. The summed E-state index contributed by atoms with van der Waals surface area (Å²) < 4.78 is 0. The molecule has 2 heterocycles. The summed E-state index contributed by atoms with van der Waals surface area (Å²) in [5.74, 6) is 0.672. The first-order chi connectivity index (χ1) is 13.6. The monoisotopic (exact) mass is 389 g/mol. The van der Waals surface area contributed by atoms with Crippen LogP contribution in [-0.2, 0) is 11.2 Å². The van der Waals surface area contributed by atoms with Gasteiger partial charge in [0.1, 0.15) is 0 Å². The predicted molar refractivity (Wildman–Crippen MR) is 114 cm³/mol. The number of fused-ring (bicyclic) bond motifs is 1. The highest BCUT2D eigenvalue weighted by Gasteiger charge is 2.38. The Kier molecular flexibility index (Phi) is 5.15. The summed E-state index contributed by atoms with van der Waals surface area (Å²) in [5.41, 5.74) is 5.34. The fourth-order valence-electron chi connectivity index (χ4n) is 3.75. The van der Waals surface area contributed by atoms with Crippen molar-refractivity contribution in [3.63, 3.8) is 0 Å². The molecule has 2 aliphatic rings. The third-order valence-electron chi connectivity index (χ3n) is 5.48. The summed E-state index contributed by atoms with van der Waals surface area (Å²) in [5, 5.41) is 10.7. The molecule has 0 aliphatic carbocycles. The van der Waals surface area contributed by atoms with Gasteiger partial charge in [-0.1, -0.05) is 60.6 Å². The Morgan fingerprint density at radius 1 is 1.14 bits per heavy atom. The topological polar surface area (TPSA) is 47.3 Å². The van der Waals surface area contributed by atoms with Crippen molar-refractivity contribution in [2.24, 2.45) is 0 Å². The van der Waals surface area contributed by atoms with Crippen LogP contribution in [-0.4, -0.2) is 23.4 Å². The van der Waals surface area contributed by atoms with E-state index in [0.717, 1.165) is 34.2 Å². The molecule has 2 aromatic rings. The Balaban J connectivity index is 1.62. The summed E-state index contributed by atoms with van der Waals surface area (Å²) in [6.45, 7) is 4.68. The van der Waals surface area contributed by atoms with Crippen molar-refractivity contribution >= 4 is 23.4 Å². The average Bonchev–Trinajstić information content (AvgIpc) is 2.74. The Morgan fingerprint density at radius 2 is 1.86 bits per heavy atom. The molecule has 142 valence electrons. The van der Waals surface area contributed by atoms with Crippen LogP contribution in [0.5, 0.6) is 0 Å². The van der Waals surface area contributed by atoms with Crippen molar-refractivity contribution in [1.82, 2.24) is 4.90 Å². The van der Waals surface area contributed by atoms with E-state index in [0.29, 0.717) is 13.1 Å². The fraction of sp³-hybridized carbons (Fsp3) is 0.304. The molecule has 0 radical (unpaired) electrons. The van der Waals surface area contributed by atoms with E-state index < -0.39 is 0 Å². The van der Waals surface area contributed by atoms with Gasteiger partial charge in [0.2, 0.25) is 5.91 Å². The van der Waals surface area contributed by atoms with Gasteiger partial charge in [0.05, 0.1) is 29.2 Å². The second-order valence-corrected chi connectivity index (χ2v) is 8.23. The van der Waals surface area contributed by atoms with Crippen LogP contribution in [0.2, 0.25) is 0 Å². The minimum absolute atomic E-state index is 0.0851. The maximum absolute atomic E-state index is 13.0.